The molecule has 0 aliphatic carbocycles. The molecule has 0 unspecified atom stereocenters. The number of hydrogen-bond acceptors (Lipinski definition) is 8. The Hall–Kier alpha value is -3.09. The molecule has 13 heteroatoms. The van der Waals surface area contributed by atoms with Crippen molar-refractivity contribution in [2.45, 2.75) is 18.5 Å². The average molecular weight is 435 g/mol. The number of halogens is 3. The Morgan fingerprint density at radius 2 is 1.69 bits per heavy atom. The number of alkyl halides is 3. The molecule has 9 nitrogen and oxygen atoms in total. The Morgan fingerprint density at radius 3 is 2.14 bits per heavy atom. The van der Waals surface area contributed by atoms with Crippen molar-refractivity contribution in [2.24, 2.45) is 0 Å². The number of carboxylic acid groups (broad SMARTS) is 1. The summed E-state index contributed by atoms with van der Waals surface area (Å²) in [6.45, 7) is 0. The number of ether oxygens (including phenoxy) is 1. The summed E-state index contributed by atoms with van der Waals surface area (Å²) >= 11 is 0. The SMILES string of the molecule is COC(=O)CCS(=O)(=O)C[n+]1ccc(-c2ncccn2)cc1.O=C([O-])C(F)(F)F. The number of sulfone groups is 1. The molecule has 0 spiro atoms. The van der Waals surface area contributed by atoms with Crippen LogP contribution in [0.15, 0.2) is 43.0 Å². The lowest BCUT2D eigenvalue weighted by Gasteiger charge is -2.03. The third-order valence-corrected chi connectivity index (χ3v) is 4.65. The maximum absolute atomic E-state index is 11.9. The monoisotopic (exact) mass is 435 g/mol. The fourth-order valence-electron chi connectivity index (χ4n) is 1.77. The molecule has 0 fully saturated rings. The number of esters is 1. The summed E-state index contributed by atoms with van der Waals surface area (Å²) in [4.78, 5) is 28.0. The van der Waals surface area contributed by atoms with Gasteiger partial charge in [-0.15, -0.1) is 0 Å². The number of aromatic nitrogens is 3. The molecule has 2 aromatic rings. The minimum Gasteiger partial charge on any atom is -0.542 e. The number of carbonyl (C=O) groups excluding carboxylic acids is 2. The number of carboxylic acids is 1. The number of rotatable bonds is 6. The van der Waals surface area contributed by atoms with Crippen LogP contribution in [-0.4, -0.2) is 49.4 Å². The Labute approximate surface area is 163 Å². The molecule has 0 radical (unpaired) electrons. The van der Waals surface area contributed by atoms with Crippen molar-refractivity contribution in [3.05, 3.63) is 43.0 Å². The van der Waals surface area contributed by atoms with Crippen LogP contribution in [0.3, 0.4) is 0 Å². The van der Waals surface area contributed by atoms with Crippen LogP contribution in [0.2, 0.25) is 0 Å². The van der Waals surface area contributed by atoms with Gasteiger partial charge < -0.3 is 14.6 Å². The van der Waals surface area contributed by atoms with Crippen molar-refractivity contribution in [3.63, 3.8) is 0 Å². The summed E-state index contributed by atoms with van der Waals surface area (Å²) in [6, 6.07) is 5.21. The number of hydrogen-bond donors (Lipinski definition) is 0. The van der Waals surface area contributed by atoms with Crippen LogP contribution in [-0.2, 0) is 30.0 Å². The maximum atomic E-state index is 11.9. The molecule has 2 rings (SSSR count). The van der Waals surface area contributed by atoms with E-state index in [0.29, 0.717) is 5.82 Å². The van der Waals surface area contributed by atoms with E-state index in [2.05, 4.69) is 14.7 Å². The van der Waals surface area contributed by atoms with Crippen LogP contribution >= 0.6 is 0 Å². The first kappa shape index (κ1) is 23.9. The van der Waals surface area contributed by atoms with Gasteiger partial charge in [-0.3, -0.25) is 4.79 Å². The van der Waals surface area contributed by atoms with Crippen LogP contribution in [0, 0.1) is 0 Å². The first-order valence-electron chi connectivity index (χ1n) is 7.76. The van der Waals surface area contributed by atoms with Gasteiger partial charge in [-0.05, 0) is 6.07 Å². The topological polar surface area (TPSA) is 130 Å². The van der Waals surface area contributed by atoms with Crippen LogP contribution in [0.5, 0.6) is 0 Å². The predicted molar refractivity (Wildman–Crippen MR) is 89.1 cm³/mol. The summed E-state index contributed by atoms with van der Waals surface area (Å²) in [5.41, 5.74) is 0.795. The minimum atomic E-state index is -5.19. The smallest absolute Gasteiger partial charge is 0.430 e. The Bertz CT molecular complexity index is 919. The lowest BCUT2D eigenvalue weighted by molar-refractivity contribution is -0.677. The highest BCUT2D eigenvalue weighted by Gasteiger charge is 2.28. The van der Waals surface area contributed by atoms with Gasteiger partial charge >= 0.3 is 12.1 Å². The molecule has 0 aliphatic heterocycles. The van der Waals surface area contributed by atoms with E-state index >= 15 is 0 Å². The molecule has 158 valence electrons. The second-order valence-corrected chi connectivity index (χ2v) is 7.52. The fourth-order valence-corrected chi connectivity index (χ4v) is 3.01. The highest BCUT2D eigenvalue weighted by Crippen LogP contribution is 2.11. The fraction of sp³-hybridized carbons (Fsp3) is 0.312. The maximum Gasteiger partial charge on any atom is 0.430 e. The summed E-state index contributed by atoms with van der Waals surface area (Å²) in [7, 11) is -2.16. The predicted octanol–water partition coefficient (Wildman–Crippen LogP) is -0.335. The molecular formula is C16H16F3N3O6S. The molecule has 29 heavy (non-hydrogen) atoms. The van der Waals surface area contributed by atoms with Crippen molar-refractivity contribution in [3.8, 4) is 11.4 Å². The third-order valence-electron chi connectivity index (χ3n) is 3.14. The highest BCUT2D eigenvalue weighted by atomic mass is 32.2. The first-order valence-corrected chi connectivity index (χ1v) is 9.58. The number of nitrogens with zero attached hydrogens (tertiary/aromatic N) is 3. The van der Waals surface area contributed by atoms with Gasteiger partial charge in [-0.25, -0.2) is 18.4 Å². The zero-order valence-corrected chi connectivity index (χ0v) is 15.8. The third kappa shape index (κ3) is 9.10. The summed E-state index contributed by atoms with van der Waals surface area (Å²) in [5, 5.41) is 8.78. The van der Waals surface area contributed by atoms with E-state index in [4.69, 9.17) is 9.90 Å². The van der Waals surface area contributed by atoms with E-state index in [9.17, 15) is 26.4 Å². The Balaban J connectivity index is 0.000000516. The lowest BCUT2D eigenvalue weighted by atomic mass is 10.2. The Morgan fingerprint density at radius 1 is 1.17 bits per heavy atom. The first-order chi connectivity index (χ1) is 13.4. The van der Waals surface area contributed by atoms with Crippen LogP contribution in [0.4, 0.5) is 13.2 Å². The van der Waals surface area contributed by atoms with E-state index in [1.165, 1.54) is 11.7 Å². The molecule has 0 amide bonds. The minimum absolute atomic E-state index is 0.144. The summed E-state index contributed by atoms with van der Waals surface area (Å²) in [6.07, 6.45) is 1.22. The second kappa shape index (κ2) is 10.5. The van der Waals surface area contributed by atoms with Crippen molar-refractivity contribution in [1.82, 2.24) is 9.97 Å². The van der Waals surface area contributed by atoms with Gasteiger partial charge in [0.2, 0.25) is 15.7 Å². The molecule has 2 heterocycles. The van der Waals surface area contributed by atoms with Crippen molar-refractivity contribution < 1.29 is 45.6 Å². The summed E-state index contributed by atoms with van der Waals surface area (Å²) in [5.74, 6) is -3.41. The largest absolute Gasteiger partial charge is 0.542 e. The molecule has 0 saturated carbocycles. The zero-order chi connectivity index (χ0) is 22.1. The van der Waals surface area contributed by atoms with E-state index in [1.807, 2.05) is 0 Å². The molecule has 0 N–H and O–H groups in total. The van der Waals surface area contributed by atoms with Crippen LogP contribution in [0.25, 0.3) is 11.4 Å². The van der Waals surface area contributed by atoms with E-state index < -0.39 is 28.0 Å². The van der Waals surface area contributed by atoms with Gasteiger partial charge in [0, 0.05) is 30.1 Å². The quantitative estimate of drug-likeness (QED) is 0.445. The molecule has 0 aromatic carbocycles. The van der Waals surface area contributed by atoms with E-state index in [-0.39, 0.29) is 18.1 Å². The lowest BCUT2D eigenvalue weighted by Crippen LogP contribution is -2.38. The van der Waals surface area contributed by atoms with Crippen molar-refractivity contribution in [2.75, 3.05) is 12.9 Å². The Kier molecular flexibility index (Phi) is 8.63. The standard InChI is InChI=1S/C14H16N3O4S.C2HF3O2/c1-21-13(18)5-10-22(19,20)11-17-8-3-12(4-9-17)14-15-6-2-7-16-14;3-2(4,5)1(6)7/h2-4,6-9H,5,10-11H2,1H3;(H,6,7)/q+1;/p-1. The second-order valence-electron chi connectivity index (χ2n) is 5.36. The van der Waals surface area contributed by atoms with Gasteiger partial charge in [-0.1, -0.05) is 0 Å². The van der Waals surface area contributed by atoms with E-state index in [1.54, 1.807) is 43.0 Å². The number of methoxy groups -OCH3 is 1. The molecular weight excluding hydrogens is 419 g/mol. The highest BCUT2D eigenvalue weighted by molar-refractivity contribution is 7.90. The van der Waals surface area contributed by atoms with Crippen molar-refractivity contribution in [1.29, 1.82) is 0 Å². The molecule has 0 saturated heterocycles. The number of carbonyl (C=O) groups is 2. The number of aliphatic carboxylic acids is 1. The molecule has 0 bridgehead atoms. The van der Waals surface area contributed by atoms with E-state index in [0.717, 1.165) is 5.56 Å². The summed E-state index contributed by atoms with van der Waals surface area (Å²) < 4.78 is 61.4. The van der Waals surface area contributed by atoms with Gasteiger partial charge in [0.25, 0.3) is 0 Å². The average Bonchev–Trinajstić information content (AvgIpc) is 2.67. The van der Waals surface area contributed by atoms with Crippen LogP contribution < -0.4 is 9.67 Å². The molecule has 0 atom stereocenters. The van der Waals surface area contributed by atoms with Gasteiger partial charge in [0.1, 0.15) is 5.97 Å². The van der Waals surface area contributed by atoms with Gasteiger partial charge in [0.05, 0.1) is 19.3 Å². The number of pyridine rings is 1. The normalized spacial score (nSPS) is 11.2. The zero-order valence-electron chi connectivity index (χ0n) is 15.0. The van der Waals surface area contributed by atoms with Crippen LogP contribution in [0.1, 0.15) is 6.42 Å². The van der Waals surface area contributed by atoms with Gasteiger partial charge in [-0.2, -0.15) is 17.7 Å². The van der Waals surface area contributed by atoms with Gasteiger partial charge in [0.15, 0.2) is 18.2 Å². The molecule has 2 aromatic heterocycles. The molecule has 0 aliphatic rings. The van der Waals surface area contributed by atoms with Crippen molar-refractivity contribution >= 4 is 21.8 Å².